The predicted octanol–water partition coefficient (Wildman–Crippen LogP) is 6.86. The van der Waals surface area contributed by atoms with Crippen LogP contribution in [0.4, 0.5) is 0 Å². The molecule has 4 N–H and O–H groups in total. The zero-order chi connectivity index (χ0) is 37.6. The molecule has 284 valence electrons. The second kappa shape index (κ2) is 24.1. The molecule has 0 saturated carbocycles. The highest BCUT2D eigenvalue weighted by molar-refractivity contribution is 5.78. The third-order valence-electron chi connectivity index (χ3n) is 9.55. The van der Waals surface area contributed by atoms with E-state index in [1.807, 2.05) is 82.6 Å². The number of hydrogen-bond donors (Lipinski definition) is 4. The highest BCUT2D eigenvalue weighted by Crippen LogP contribution is 2.23. The van der Waals surface area contributed by atoms with Crippen molar-refractivity contribution in [2.45, 2.75) is 127 Å². The molecule has 2 aliphatic heterocycles. The molecule has 2 fully saturated rings. The number of unbranched alkanes of at least 4 members (excludes halogenated alkanes) is 5. The van der Waals surface area contributed by atoms with Gasteiger partial charge in [-0.25, -0.2) is 0 Å². The summed E-state index contributed by atoms with van der Waals surface area (Å²) < 4.78 is 0. The lowest BCUT2D eigenvalue weighted by molar-refractivity contribution is -0.138. The molecule has 10 heteroatoms. The second-order valence-electron chi connectivity index (χ2n) is 13.7. The largest absolute Gasteiger partial charge is 0.481 e. The average molecular weight is 719 g/mol. The number of benzene rings is 2. The van der Waals surface area contributed by atoms with E-state index in [0.717, 1.165) is 68.9 Å². The minimum absolute atomic E-state index is 0.0288. The Labute approximate surface area is 308 Å². The van der Waals surface area contributed by atoms with E-state index in [1.165, 1.54) is 0 Å². The summed E-state index contributed by atoms with van der Waals surface area (Å²) in [5.74, 6) is -1.20. The van der Waals surface area contributed by atoms with Gasteiger partial charge in [0.05, 0.1) is 24.3 Å². The Bertz CT molecular complexity index is 1410. The SMILES string of the molecule is O=C(O)CCCCCCN1C(=O)CCC[C@@H]1C=CC(O)c1ccccc1.O=C(O)CCCCCN1C(=O)CCC[C@@H]1C=CC(O)Cc1ccccc1. The third kappa shape index (κ3) is 16.4. The Morgan fingerprint density at radius 3 is 1.63 bits per heavy atom. The van der Waals surface area contributed by atoms with Crippen molar-refractivity contribution in [1.29, 1.82) is 0 Å². The first kappa shape index (κ1) is 42.1. The molecule has 0 spiro atoms. The smallest absolute Gasteiger partial charge is 0.303 e. The van der Waals surface area contributed by atoms with E-state index in [9.17, 15) is 29.4 Å². The van der Waals surface area contributed by atoms with Gasteiger partial charge >= 0.3 is 11.9 Å². The molecule has 4 atom stereocenters. The number of carboxylic acid groups (broad SMARTS) is 2. The average Bonchev–Trinajstić information content (AvgIpc) is 3.13. The van der Waals surface area contributed by atoms with E-state index in [4.69, 9.17) is 10.2 Å². The van der Waals surface area contributed by atoms with Crippen LogP contribution in [0.15, 0.2) is 85.0 Å². The number of carbonyl (C=O) groups is 4. The van der Waals surface area contributed by atoms with Crippen LogP contribution in [-0.2, 0) is 25.6 Å². The summed E-state index contributed by atoms with van der Waals surface area (Å²) in [7, 11) is 0. The second-order valence-corrected chi connectivity index (χ2v) is 13.7. The molecular weight excluding hydrogens is 660 g/mol. The molecule has 2 aromatic carbocycles. The lowest BCUT2D eigenvalue weighted by atomic mass is 9.99. The van der Waals surface area contributed by atoms with Gasteiger partial charge in [-0.2, -0.15) is 0 Å². The minimum atomic E-state index is -0.771. The summed E-state index contributed by atoms with van der Waals surface area (Å²) in [6, 6.07) is 19.4. The number of carboxylic acids is 2. The monoisotopic (exact) mass is 718 g/mol. The summed E-state index contributed by atoms with van der Waals surface area (Å²) in [6.07, 6.45) is 17.6. The number of piperidine rings is 2. The molecule has 0 aliphatic carbocycles. The molecular formula is C42H58N2O8. The summed E-state index contributed by atoms with van der Waals surface area (Å²) in [5, 5.41) is 37.8. The van der Waals surface area contributed by atoms with E-state index in [2.05, 4.69) is 0 Å². The Morgan fingerprint density at radius 1 is 0.654 bits per heavy atom. The topological polar surface area (TPSA) is 156 Å². The zero-order valence-electron chi connectivity index (χ0n) is 30.4. The fourth-order valence-electron chi connectivity index (χ4n) is 6.70. The van der Waals surface area contributed by atoms with Gasteiger partial charge < -0.3 is 30.2 Å². The van der Waals surface area contributed by atoms with Gasteiger partial charge in [-0.05, 0) is 62.5 Å². The first-order valence-corrected chi connectivity index (χ1v) is 19.0. The number of aliphatic carboxylic acids is 2. The fraction of sp³-hybridized carbons (Fsp3) is 0.524. The van der Waals surface area contributed by atoms with Crippen LogP contribution in [0.1, 0.15) is 114 Å². The standard InChI is InChI=1S/2C21H29NO4/c23-19(16-17-8-3-1-4-9-17)14-13-18-10-7-11-20(24)22(18)15-6-2-5-12-21(25)26;23-19(17-9-4-3-5-10-17)15-14-18-11-8-12-20(24)22(18)16-7-2-1-6-13-21(25)26/h1,3-4,8-9,13-14,18-19,23H,2,5-7,10-12,15-16H2,(H,25,26);3-5,9-10,14-15,18-19,23H,1-2,6-8,11-13,16H2,(H,25,26)/t2*18-,19?/m11/s1. The maximum absolute atomic E-state index is 12.3. The van der Waals surface area contributed by atoms with Crippen LogP contribution in [0, 0.1) is 0 Å². The Kier molecular flexibility index (Phi) is 19.5. The first-order chi connectivity index (χ1) is 25.1. The molecule has 2 heterocycles. The number of likely N-dealkylation sites (tertiary alicyclic amines) is 2. The van der Waals surface area contributed by atoms with E-state index in [0.29, 0.717) is 45.2 Å². The van der Waals surface area contributed by atoms with Crippen LogP contribution in [0.25, 0.3) is 0 Å². The van der Waals surface area contributed by atoms with Gasteiger partial charge in [0.1, 0.15) is 0 Å². The van der Waals surface area contributed by atoms with Gasteiger partial charge in [-0.1, -0.05) is 104 Å². The molecule has 2 saturated heterocycles. The van der Waals surface area contributed by atoms with Gasteiger partial charge in [0.15, 0.2) is 0 Å². The van der Waals surface area contributed by atoms with Crippen molar-refractivity contribution in [1.82, 2.24) is 9.80 Å². The lowest BCUT2D eigenvalue weighted by Crippen LogP contribution is -2.43. The highest BCUT2D eigenvalue weighted by Gasteiger charge is 2.27. The third-order valence-corrected chi connectivity index (χ3v) is 9.55. The number of rotatable bonds is 20. The molecule has 4 rings (SSSR count). The summed E-state index contributed by atoms with van der Waals surface area (Å²) in [5.41, 5.74) is 1.93. The van der Waals surface area contributed by atoms with Gasteiger partial charge in [-0.3, -0.25) is 19.2 Å². The predicted molar refractivity (Wildman–Crippen MR) is 201 cm³/mol. The van der Waals surface area contributed by atoms with Gasteiger partial charge in [0.25, 0.3) is 0 Å². The minimum Gasteiger partial charge on any atom is -0.481 e. The Morgan fingerprint density at radius 2 is 1.12 bits per heavy atom. The van der Waals surface area contributed by atoms with E-state index >= 15 is 0 Å². The maximum atomic E-state index is 12.3. The molecule has 52 heavy (non-hydrogen) atoms. The molecule has 0 radical (unpaired) electrons. The van der Waals surface area contributed by atoms with Crippen molar-refractivity contribution in [3.63, 3.8) is 0 Å². The van der Waals surface area contributed by atoms with Crippen molar-refractivity contribution in [2.24, 2.45) is 0 Å². The van der Waals surface area contributed by atoms with E-state index < -0.39 is 24.1 Å². The Hall–Kier alpha value is -4.28. The molecule has 0 bridgehead atoms. The first-order valence-electron chi connectivity index (χ1n) is 19.0. The summed E-state index contributed by atoms with van der Waals surface area (Å²) >= 11 is 0. The number of nitrogens with zero attached hydrogens (tertiary/aromatic N) is 2. The van der Waals surface area contributed by atoms with Crippen molar-refractivity contribution >= 4 is 23.8 Å². The van der Waals surface area contributed by atoms with Crippen LogP contribution in [0.5, 0.6) is 0 Å². The summed E-state index contributed by atoms with van der Waals surface area (Å²) in [6.45, 7) is 1.35. The Balaban J connectivity index is 0.000000280. The van der Waals surface area contributed by atoms with Crippen molar-refractivity contribution < 1.29 is 39.6 Å². The van der Waals surface area contributed by atoms with Crippen LogP contribution in [-0.4, -0.2) is 85.3 Å². The van der Waals surface area contributed by atoms with Crippen LogP contribution in [0.2, 0.25) is 0 Å². The van der Waals surface area contributed by atoms with Crippen molar-refractivity contribution in [3.8, 4) is 0 Å². The van der Waals surface area contributed by atoms with Gasteiger partial charge in [0.2, 0.25) is 11.8 Å². The normalized spacial score (nSPS) is 19.0. The molecule has 2 aromatic rings. The highest BCUT2D eigenvalue weighted by atomic mass is 16.4. The van der Waals surface area contributed by atoms with Gasteiger partial charge in [0, 0.05) is 45.2 Å². The van der Waals surface area contributed by atoms with Gasteiger partial charge in [-0.15, -0.1) is 0 Å². The molecule has 2 unspecified atom stereocenters. The maximum Gasteiger partial charge on any atom is 0.303 e. The lowest BCUT2D eigenvalue weighted by Gasteiger charge is -2.34. The van der Waals surface area contributed by atoms with Crippen LogP contribution < -0.4 is 0 Å². The molecule has 0 aromatic heterocycles. The molecule has 2 amide bonds. The van der Waals surface area contributed by atoms with Crippen LogP contribution in [0.3, 0.4) is 0 Å². The summed E-state index contributed by atoms with van der Waals surface area (Å²) in [4.78, 5) is 49.4. The molecule has 2 aliphatic rings. The number of hydrogen-bond acceptors (Lipinski definition) is 6. The molecule has 10 nitrogen and oxygen atoms in total. The van der Waals surface area contributed by atoms with Crippen molar-refractivity contribution in [3.05, 3.63) is 96.1 Å². The number of aliphatic hydroxyl groups is 2. The number of aliphatic hydroxyl groups excluding tert-OH is 2. The van der Waals surface area contributed by atoms with Crippen molar-refractivity contribution in [2.75, 3.05) is 13.1 Å². The van der Waals surface area contributed by atoms with E-state index in [-0.39, 0.29) is 36.7 Å². The number of carbonyl (C=O) groups excluding carboxylic acids is 2. The quantitative estimate of drug-likeness (QED) is 0.0855. The van der Waals surface area contributed by atoms with E-state index in [1.54, 1.807) is 12.2 Å². The van der Waals surface area contributed by atoms with Crippen LogP contribution >= 0.6 is 0 Å². The fourth-order valence-corrected chi connectivity index (χ4v) is 6.70. The zero-order valence-corrected chi connectivity index (χ0v) is 30.4. The number of amides is 2.